The Kier molecular flexibility index (Phi) is 3.15. The van der Waals surface area contributed by atoms with E-state index in [1.54, 1.807) is 12.4 Å². The summed E-state index contributed by atoms with van der Waals surface area (Å²) in [4.78, 5) is 28.2. The summed E-state index contributed by atoms with van der Waals surface area (Å²) >= 11 is 0. The summed E-state index contributed by atoms with van der Waals surface area (Å²) in [6.45, 7) is 0. The molecule has 7 nitrogen and oxygen atoms in total. The van der Waals surface area contributed by atoms with Gasteiger partial charge in [-0.25, -0.2) is 14.8 Å². The summed E-state index contributed by atoms with van der Waals surface area (Å²) in [6.07, 6.45) is 4.59. The highest BCUT2D eigenvalue weighted by Crippen LogP contribution is 2.21. The zero-order valence-corrected chi connectivity index (χ0v) is 11.1. The molecular weight excluding hydrogens is 270 g/mol. The molecule has 3 rings (SSSR count). The zero-order chi connectivity index (χ0) is 14.8. The van der Waals surface area contributed by atoms with Crippen LogP contribution >= 0.6 is 0 Å². The lowest BCUT2D eigenvalue weighted by Gasteiger charge is -2.05. The predicted molar refractivity (Wildman–Crippen MR) is 76.3 cm³/mol. The maximum atomic E-state index is 11.5. The maximum absolute atomic E-state index is 11.5. The van der Waals surface area contributed by atoms with Gasteiger partial charge in [-0.05, 0) is 18.2 Å². The molecular formula is C14H11N5O2. The molecule has 0 fully saturated rings. The van der Waals surface area contributed by atoms with Crippen LogP contribution in [0.25, 0.3) is 22.4 Å². The molecule has 0 saturated heterocycles. The molecule has 0 bridgehead atoms. The summed E-state index contributed by atoms with van der Waals surface area (Å²) in [5.41, 5.74) is 8.16. The van der Waals surface area contributed by atoms with Gasteiger partial charge < -0.3 is 10.5 Å². The number of aromatic nitrogens is 4. The third-order valence-corrected chi connectivity index (χ3v) is 2.95. The Labute approximate surface area is 119 Å². The van der Waals surface area contributed by atoms with Gasteiger partial charge in [0.1, 0.15) is 11.4 Å². The van der Waals surface area contributed by atoms with Crippen LogP contribution in [0, 0.1) is 0 Å². The van der Waals surface area contributed by atoms with Crippen LogP contribution < -0.4 is 5.73 Å². The van der Waals surface area contributed by atoms with Crippen LogP contribution in [0.2, 0.25) is 0 Å². The largest absolute Gasteiger partial charge is 0.465 e. The molecule has 0 aliphatic rings. The number of anilines is 1. The molecule has 0 spiro atoms. The van der Waals surface area contributed by atoms with Gasteiger partial charge in [-0.2, -0.15) is 0 Å². The Hall–Kier alpha value is -3.09. The van der Waals surface area contributed by atoms with Gasteiger partial charge >= 0.3 is 5.97 Å². The molecule has 2 N–H and O–H groups in total. The fourth-order valence-corrected chi connectivity index (χ4v) is 1.90. The molecule has 0 unspecified atom stereocenters. The predicted octanol–water partition coefficient (Wildman–Crippen LogP) is 1.46. The minimum atomic E-state index is -0.566. The number of carbonyl (C=O) groups excluding carboxylic acids is 1. The Morgan fingerprint density at radius 2 is 1.90 bits per heavy atom. The van der Waals surface area contributed by atoms with Gasteiger partial charge in [0.05, 0.1) is 18.1 Å². The molecule has 104 valence electrons. The number of nitrogens with two attached hydrogens (primary N) is 1. The van der Waals surface area contributed by atoms with Crippen LogP contribution in [0.4, 0.5) is 5.82 Å². The molecule has 7 heteroatoms. The molecule has 0 radical (unpaired) electrons. The van der Waals surface area contributed by atoms with Crippen LogP contribution in [0.5, 0.6) is 0 Å². The van der Waals surface area contributed by atoms with Gasteiger partial charge in [-0.15, -0.1) is 0 Å². The van der Waals surface area contributed by atoms with Crippen LogP contribution in [-0.2, 0) is 4.74 Å². The fraction of sp³-hybridized carbons (Fsp3) is 0.0714. The second kappa shape index (κ2) is 5.12. The van der Waals surface area contributed by atoms with Gasteiger partial charge in [-0.1, -0.05) is 0 Å². The number of benzene rings is 1. The number of ether oxygens (including phenoxy) is 1. The number of hydrogen-bond donors (Lipinski definition) is 1. The van der Waals surface area contributed by atoms with E-state index in [1.165, 1.54) is 13.3 Å². The number of methoxy groups -OCH3 is 1. The fourth-order valence-electron chi connectivity index (χ4n) is 1.90. The van der Waals surface area contributed by atoms with E-state index in [2.05, 4.69) is 24.7 Å². The lowest BCUT2D eigenvalue weighted by Crippen LogP contribution is -2.09. The van der Waals surface area contributed by atoms with E-state index in [0.29, 0.717) is 5.82 Å². The number of nitrogen functional groups attached to an aromatic ring is 1. The van der Waals surface area contributed by atoms with Crippen LogP contribution in [0.1, 0.15) is 10.4 Å². The molecule has 0 saturated carbocycles. The number of hydrogen-bond acceptors (Lipinski definition) is 7. The number of esters is 1. The Balaban J connectivity index is 2.06. The Morgan fingerprint density at radius 1 is 1.14 bits per heavy atom. The smallest absolute Gasteiger partial charge is 0.343 e. The number of carbonyl (C=O) groups is 1. The summed E-state index contributed by atoms with van der Waals surface area (Å²) in [5.74, 6) is -0.0813. The second-order valence-electron chi connectivity index (χ2n) is 4.24. The average Bonchev–Trinajstić information content (AvgIpc) is 2.53. The standard InChI is InChI=1S/C14H11N5O2/c1-21-14(20)9-7-18-13(19-12(9)15)8-2-3-10-11(6-8)17-5-4-16-10/h2-7H,1H3,(H2,15,18,19). The monoisotopic (exact) mass is 281 g/mol. The molecule has 2 heterocycles. The highest BCUT2D eigenvalue weighted by molar-refractivity contribution is 5.94. The summed E-state index contributed by atoms with van der Waals surface area (Å²) in [5, 5.41) is 0. The van der Waals surface area contributed by atoms with E-state index in [0.717, 1.165) is 16.6 Å². The Bertz CT molecular complexity index is 834. The maximum Gasteiger partial charge on any atom is 0.343 e. The SMILES string of the molecule is COC(=O)c1cnc(-c2ccc3nccnc3c2)nc1N. The van der Waals surface area contributed by atoms with Gasteiger partial charge in [0.25, 0.3) is 0 Å². The van der Waals surface area contributed by atoms with Crippen molar-refractivity contribution in [2.45, 2.75) is 0 Å². The highest BCUT2D eigenvalue weighted by Gasteiger charge is 2.13. The van der Waals surface area contributed by atoms with Crippen molar-refractivity contribution in [2.75, 3.05) is 12.8 Å². The van der Waals surface area contributed by atoms with Gasteiger partial charge in [0, 0.05) is 24.2 Å². The van der Waals surface area contributed by atoms with Crippen molar-refractivity contribution >= 4 is 22.8 Å². The first-order valence-corrected chi connectivity index (χ1v) is 6.11. The van der Waals surface area contributed by atoms with Gasteiger partial charge in [0.2, 0.25) is 0 Å². The Morgan fingerprint density at radius 3 is 2.62 bits per heavy atom. The average molecular weight is 281 g/mol. The van der Waals surface area contributed by atoms with E-state index >= 15 is 0 Å². The number of rotatable bonds is 2. The molecule has 3 aromatic rings. The highest BCUT2D eigenvalue weighted by atomic mass is 16.5. The molecule has 2 aromatic heterocycles. The van der Waals surface area contributed by atoms with Crippen LogP contribution in [0.15, 0.2) is 36.8 Å². The first-order chi connectivity index (χ1) is 10.2. The topological polar surface area (TPSA) is 104 Å². The van der Waals surface area contributed by atoms with Crippen molar-refractivity contribution in [3.05, 3.63) is 42.4 Å². The normalized spacial score (nSPS) is 10.5. The van der Waals surface area contributed by atoms with E-state index in [1.807, 2.05) is 18.2 Å². The molecule has 1 aromatic carbocycles. The number of nitrogens with zero attached hydrogens (tertiary/aromatic N) is 4. The lowest BCUT2D eigenvalue weighted by molar-refractivity contribution is 0.0601. The van der Waals surface area contributed by atoms with Crippen molar-refractivity contribution in [3.8, 4) is 11.4 Å². The molecule has 0 aliphatic heterocycles. The van der Waals surface area contributed by atoms with Crippen molar-refractivity contribution < 1.29 is 9.53 Å². The van der Waals surface area contributed by atoms with Gasteiger partial charge in [0.15, 0.2) is 5.82 Å². The third kappa shape index (κ3) is 2.36. The van der Waals surface area contributed by atoms with E-state index in [9.17, 15) is 4.79 Å². The molecule has 0 aliphatic carbocycles. The molecule has 0 amide bonds. The molecule has 0 atom stereocenters. The summed E-state index contributed by atoms with van der Waals surface area (Å²) in [7, 11) is 1.28. The minimum absolute atomic E-state index is 0.0751. The van der Waals surface area contributed by atoms with E-state index in [4.69, 9.17) is 5.73 Å². The first-order valence-electron chi connectivity index (χ1n) is 6.11. The summed E-state index contributed by atoms with van der Waals surface area (Å²) in [6, 6.07) is 5.46. The van der Waals surface area contributed by atoms with Crippen molar-refractivity contribution in [1.29, 1.82) is 0 Å². The zero-order valence-electron chi connectivity index (χ0n) is 11.1. The third-order valence-electron chi connectivity index (χ3n) is 2.95. The summed E-state index contributed by atoms with van der Waals surface area (Å²) < 4.78 is 4.60. The molecule has 21 heavy (non-hydrogen) atoms. The minimum Gasteiger partial charge on any atom is -0.465 e. The quantitative estimate of drug-likeness (QED) is 0.709. The second-order valence-corrected chi connectivity index (χ2v) is 4.24. The van der Waals surface area contributed by atoms with Crippen molar-refractivity contribution in [1.82, 2.24) is 19.9 Å². The van der Waals surface area contributed by atoms with Crippen LogP contribution in [-0.4, -0.2) is 33.0 Å². The number of fused-ring (bicyclic) bond motifs is 1. The van der Waals surface area contributed by atoms with Crippen molar-refractivity contribution in [2.24, 2.45) is 0 Å². The van der Waals surface area contributed by atoms with Crippen molar-refractivity contribution in [3.63, 3.8) is 0 Å². The first kappa shape index (κ1) is 12.9. The van der Waals surface area contributed by atoms with E-state index < -0.39 is 5.97 Å². The van der Waals surface area contributed by atoms with E-state index in [-0.39, 0.29) is 11.4 Å². The lowest BCUT2D eigenvalue weighted by atomic mass is 10.1. The van der Waals surface area contributed by atoms with Crippen LogP contribution in [0.3, 0.4) is 0 Å². The van der Waals surface area contributed by atoms with Gasteiger partial charge in [-0.3, -0.25) is 9.97 Å².